The van der Waals surface area contributed by atoms with Crippen molar-refractivity contribution in [1.29, 1.82) is 0 Å². The number of nitrogens with zero attached hydrogens (tertiary/aromatic N) is 4. The Kier molecular flexibility index (Phi) is 9.27. The first-order valence-electron chi connectivity index (χ1n) is 10.1. The van der Waals surface area contributed by atoms with E-state index in [0.717, 1.165) is 49.7 Å². The first-order valence-corrected chi connectivity index (χ1v) is 12.0. The molecule has 3 aromatic rings. The van der Waals surface area contributed by atoms with Crippen molar-refractivity contribution in [3.05, 3.63) is 79.0 Å². The van der Waals surface area contributed by atoms with Crippen molar-refractivity contribution in [2.75, 3.05) is 37.6 Å². The van der Waals surface area contributed by atoms with Gasteiger partial charge in [-0.1, -0.05) is 70.2 Å². The lowest BCUT2D eigenvalue weighted by molar-refractivity contribution is 0.284. The summed E-state index contributed by atoms with van der Waals surface area (Å²) in [5.41, 5.74) is 3.67. The van der Waals surface area contributed by atoms with Crippen LogP contribution < -0.4 is 4.90 Å². The highest BCUT2D eigenvalue weighted by atomic mass is 35.5. The predicted octanol–water partition coefficient (Wildman–Crippen LogP) is 7.70. The van der Waals surface area contributed by atoms with Crippen LogP contribution in [0.15, 0.2) is 42.6 Å². The summed E-state index contributed by atoms with van der Waals surface area (Å²) in [5, 5.41) is 7.21. The summed E-state index contributed by atoms with van der Waals surface area (Å²) in [6, 6.07) is 9.01. The molecule has 0 atom stereocenters. The smallest absolute Gasteiger partial charge is 0.102 e. The normalized spacial score (nSPS) is 14.7. The van der Waals surface area contributed by atoms with E-state index in [0.29, 0.717) is 30.8 Å². The third-order valence-corrected chi connectivity index (χ3v) is 6.72. The number of rotatable bonds is 5. The summed E-state index contributed by atoms with van der Waals surface area (Å²) in [4.78, 5) is 4.72. The monoisotopic (exact) mass is 564 g/mol. The fourth-order valence-corrected chi connectivity index (χ4v) is 5.28. The summed E-state index contributed by atoms with van der Waals surface area (Å²) >= 11 is 31.0. The van der Waals surface area contributed by atoms with Crippen LogP contribution >= 0.6 is 70.4 Å². The molecule has 0 saturated carbocycles. The zero-order valence-corrected chi connectivity index (χ0v) is 22.3. The number of benzene rings is 2. The van der Waals surface area contributed by atoms with Gasteiger partial charge in [-0.05, 0) is 37.3 Å². The lowest BCUT2D eigenvalue weighted by atomic mass is 10.2. The maximum Gasteiger partial charge on any atom is 0.102 e. The summed E-state index contributed by atoms with van der Waals surface area (Å²) in [7, 11) is 0. The van der Waals surface area contributed by atoms with Crippen LogP contribution in [-0.4, -0.2) is 47.4 Å². The lowest BCUT2D eigenvalue weighted by Crippen LogP contribution is -2.46. The van der Waals surface area contributed by atoms with Crippen LogP contribution in [0.5, 0.6) is 0 Å². The molecule has 4 nitrogen and oxygen atoms in total. The molecule has 1 saturated heterocycles. The quantitative estimate of drug-likeness (QED) is 0.316. The second kappa shape index (κ2) is 11.5. The Morgan fingerprint density at radius 1 is 0.848 bits per heavy atom. The maximum atomic E-state index is 6.36. The number of piperazine rings is 1. The zero-order chi connectivity index (χ0) is 22.8. The fourth-order valence-electron chi connectivity index (χ4n) is 3.79. The maximum absolute atomic E-state index is 6.36. The van der Waals surface area contributed by atoms with Gasteiger partial charge in [-0.25, -0.2) is 4.68 Å². The van der Waals surface area contributed by atoms with Crippen LogP contribution in [0.1, 0.15) is 11.3 Å². The first kappa shape index (κ1) is 26.5. The van der Waals surface area contributed by atoms with Gasteiger partial charge in [0.2, 0.25) is 0 Å². The molecule has 0 unspecified atom stereocenters. The van der Waals surface area contributed by atoms with Crippen LogP contribution in [0.4, 0.5) is 5.69 Å². The highest BCUT2D eigenvalue weighted by Gasteiger charge is 2.18. The van der Waals surface area contributed by atoms with E-state index < -0.39 is 0 Å². The van der Waals surface area contributed by atoms with Gasteiger partial charge in [0.05, 0.1) is 16.2 Å². The zero-order valence-electron chi connectivity index (χ0n) is 17.7. The number of aromatic nitrogens is 2. The molecular weight excluding hydrogens is 545 g/mol. The second-order valence-electron chi connectivity index (χ2n) is 7.63. The fraction of sp³-hybridized carbons (Fsp3) is 0.261. The molecule has 176 valence electrons. The standard InChI is InChI=1S/C23H21Cl5N4.ClH/c1-15-16(14-29-32(15)23-21(27)12-19(26)13-22(23)28)3-2-4-30-5-7-31(8-6-30)20-10-17(24)9-18(25)11-20;/h2-3,9-14H,4-8H2,1H3;1H/b3-2+;. The number of anilines is 1. The van der Waals surface area contributed by atoms with Gasteiger partial charge in [0.1, 0.15) is 5.69 Å². The molecule has 1 aliphatic heterocycles. The van der Waals surface area contributed by atoms with E-state index in [1.54, 1.807) is 22.9 Å². The average Bonchev–Trinajstić information content (AvgIpc) is 3.07. The Labute approximate surface area is 225 Å². The van der Waals surface area contributed by atoms with Gasteiger partial charge in [0.25, 0.3) is 0 Å². The molecular formula is C23H22Cl6N4. The van der Waals surface area contributed by atoms with Crippen LogP contribution in [0, 0.1) is 6.92 Å². The molecule has 0 bridgehead atoms. The molecule has 4 rings (SSSR count). The number of halogens is 6. The Morgan fingerprint density at radius 3 is 2.03 bits per heavy atom. The Hall–Kier alpha value is -1.11. The van der Waals surface area contributed by atoms with Gasteiger partial charge >= 0.3 is 0 Å². The molecule has 2 heterocycles. The largest absolute Gasteiger partial charge is 0.369 e. The van der Waals surface area contributed by atoms with Gasteiger partial charge in [0, 0.05) is 64.7 Å². The topological polar surface area (TPSA) is 24.3 Å². The molecule has 0 spiro atoms. The van der Waals surface area contributed by atoms with E-state index in [-0.39, 0.29) is 12.4 Å². The average molecular weight is 567 g/mol. The van der Waals surface area contributed by atoms with Gasteiger partial charge in [0.15, 0.2) is 0 Å². The van der Waals surface area contributed by atoms with Crippen molar-refractivity contribution in [3.63, 3.8) is 0 Å². The Bertz CT molecular complexity index is 1110. The van der Waals surface area contributed by atoms with Gasteiger partial charge in [-0.2, -0.15) is 5.10 Å². The molecule has 0 radical (unpaired) electrons. The minimum absolute atomic E-state index is 0. The highest BCUT2D eigenvalue weighted by molar-refractivity contribution is 6.40. The second-order valence-corrected chi connectivity index (χ2v) is 9.76. The minimum atomic E-state index is 0. The van der Waals surface area contributed by atoms with Gasteiger partial charge in [-0.15, -0.1) is 12.4 Å². The molecule has 1 aromatic heterocycles. The van der Waals surface area contributed by atoms with Crippen molar-refractivity contribution in [2.24, 2.45) is 0 Å². The summed E-state index contributed by atoms with van der Waals surface area (Å²) < 4.78 is 1.75. The minimum Gasteiger partial charge on any atom is -0.369 e. The molecule has 33 heavy (non-hydrogen) atoms. The lowest BCUT2D eigenvalue weighted by Gasteiger charge is -2.35. The van der Waals surface area contributed by atoms with Crippen LogP contribution in [0.2, 0.25) is 25.1 Å². The third kappa shape index (κ3) is 6.32. The SMILES string of the molecule is Cc1c(/C=C/CN2CCN(c3cc(Cl)cc(Cl)c3)CC2)cnn1-c1c(Cl)cc(Cl)cc1Cl.Cl. The summed E-state index contributed by atoms with van der Waals surface area (Å²) in [6.07, 6.45) is 6.05. The van der Waals surface area contributed by atoms with E-state index in [1.165, 1.54) is 0 Å². The molecule has 10 heteroatoms. The number of hydrogen-bond acceptors (Lipinski definition) is 3. The van der Waals surface area contributed by atoms with Crippen molar-refractivity contribution in [2.45, 2.75) is 6.92 Å². The third-order valence-electron chi connectivity index (χ3n) is 5.49. The molecule has 1 aliphatic rings. The predicted molar refractivity (Wildman–Crippen MR) is 145 cm³/mol. The van der Waals surface area contributed by atoms with Gasteiger partial charge < -0.3 is 4.90 Å². The first-order chi connectivity index (χ1) is 15.3. The van der Waals surface area contributed by atoms with E-state index >= 15 is 0 Å². The van der Waals surface area contributed by atoms with E-state index in [2.05, 4.69) is 27.1 Å². The molecule has 1 fully saturated rings. The van der Waals surface area contributed by atoms with E-state index in [4.69, 9.17) is 58.0 Å². The molecule has 0 amide bonds. The summed E-state index contributed by atoms with van der Waals surface area (Å²) in [5.74, 6) is 0. The molecule has 0 N–H and O–H groups in total. The summed E-state index contributed by atoms with van der Waals surface area (Å²) in [6.45, 7) is 6.62. The van der Waals surface area contributed by atoms with Crippen molar-refractivity contribution < 1.29 is 0 Å². The van der Waals surface area contributed by atoms with Gasteiger partial charge in [-0.3, -0.25) is 4.90 Å². The Balaban J connectivity index is 0.00000306. The highest BCUT2D eigenvalue weighted by Crippen LogP contribution is 2.33. The van der Waals surface area contributed by atoms with Crippen LogP contribution in [0.3, 0.4) is 0 Å². The van der Waals surface area contributed by atoms with Crippen molar-refractivity contribution in [1.82, 2.24) is 14.7 Å². The van der Waals surface area contributed by atoms with Crippen molar-refractivity contribution in [3.8, 4) is 5.69 Å². The van der Waals surface area contributed by atoms with E-state index in [9.17, 15) is 0 Å². The Morgan fingerprint density at radius 2 is 1.42 bits per heavy atom. The van der Waals surface area contributed by atoms with E-state index in [1.807, 2.05) is 25.3 Å². The molecule has 0 aliphatic carbocycles. The van der Waals surface area contributed by atoms with Crippen LogP contribution in [-0.2, 0) is 0 Å². The van der Waals surface area contributed by atoms with Crippen LogP contribution in [0.25, 0.3) is 11.8 Å². The van der Waals surface area contributed by atoms with Crippen molar-refractivity contribution >= 4 is 82.2 Å². The number of hydrogen-bond donors (Lipinski definition) is 0. The molecule has 2 aromatic carbocycles.